The minimum Gasteiger partial charge on any atom is -0.379 e. The van der Waals surface area contributed by atoms with E-state index < -0.39 is 15.8 Å². The van der Waals surface area contributed by atoms with E-state index in [1.807, 2.05) is 0 Å². The van der Waals surface area contributed by atoms with Gasteiger partial charge in [0.25, 0.3) is 0 Å². The molecule has 2 rings (SSSR count). The predicted octanol–water partition coefficient (Wildman–Crippen LogP) is 1.46. The molecule has 1 saturated heterocycles. The summed E-state index contributed by atoms with van der Waals surface area (Å²) < 4.78 is 45.4. The Morgan fingerprint density at radius 2 is 1.82 bits per heavy atom. The van der Waals surface area contributed by atoms with Crippen LogP contribution in [-0.2, 0) is 14.8 Å². The summed E-state index contributed by atoms with van der Waals surface area (Å²) in [5, 5.41) is 0. The zero-order chi connectivity index (χ0) is 16.2. The number of rotatable bonds is 6. The lowest BCUT2D eigenvalue weighted by Gasteiger charge is -2.36. The van der Waals surface area contributed by atoms with Crippen molar-refractivity contribution in [2.24, 2.45) is 5.92 Å². The Bertz CT molecular complexity index is 569. The van der Waals surface area contributed by atoms with Crippen molar-refractivity contribution in [2.75, 3.05) is 32.8 Å². The molecule has 1 N–H and O–H groups in total. The highest BCUT2D eigenvalue weighted by molar-refractivity contribution is 7.89. The van der Waals surface area contributed by atoms with Gasteiger partial charge in [0.2, 0.25) is 10.0 Å². The van der Waals surface area contributed by atoms with E-state index in [4.69, 9.17) is 4.74 Å². The van der Waals surface area contributed by atoms with Crippen molar-refractivity contribution < 1.29 is 17.5 Å². The van der Waals surface area contributed by atoms with E-state index in [2.05, 4.69) is 23.5 Å². The number of sulfonamides is 1. The molecule has 1 aliphatic rings. The Kier molecular flexibility index (Phi) is 5.91. The van der Waals surface area contributed by atoms with E-state index in [9.17, 15) is 12.8 Å². The van der Waals surface area contributed by atoms with Crippen LogP contribution in [0.1, 0.15) is 13.8 Å². The second kappa shape index (κ2) is 7.50. The average Bonchev–Trinajstić information content (AvgIpc) is 2.48. The minimum absolute atomic E-state index is 0.0818. The van der Waals surface area contributed by atoms with E-state index >= 15 is 0 Å². The van der Waals surface area contributed by atoms with Gasteiger partial charge in [0.1, 0.15) is 5.82 Å². The standard InChI is InChI=1S/C15H23FN2O3S/c1-12(2)15(18-7-9-21-10-8-18)11-17-22(19,20)14-5-3-13(16)4-6-14/h3-6,12,15,17H,7-11H2,1-2H3. The van der Waals surface area contributed by atoms with Gasteiger partial charge >= 0.3 is 0 Å². The molecule has 5 nitrogen and oxygen atoms in total. The Hall–Kier alpha value is -1.02. The van der Waals surface area contributed by atoms with E-state index in [0.29, 0.717) is 25.7 Å². The first-order valence-corrected chi connectivity index (χ1v) is 8.95. The quantitative estimate of drug-likeness (QED) is 0.858. The van der Waals surface area contributed by atoms with Gasteiger partial charge in [-0.15, -0.1) is 0 Å². The van der Waals surface area contributed by atoms with Crippen molar-refractivity contribution in [2.45, 2.75) is 24.8 Å². The lowest BCUT2D eigenvalue weighted by atomic mass is 10.0. The normalized spacial score (nSPS) is 18.5. The van der Waals surface area contributed by atoms with Crippen LogP contribution in [0.3, 0.4) is 0 Å². The van der Waals surface area contributed by atoms with Crippen LogP contribution >= 0.6 is 0 Å². The van der Waals surface area contributed by atoms with Crippen molar-refractivity contribution in [3.63, 3.8) is 0 Å². The third kappa shape index (κ3) is 4.49. The van der Waals surface area contributed by atoms with Crippen LogP contribution in [-0.4, -0.2) is 52.2 Å². The number of nitrogens with one attached hydrogen (secondary N) is 1. The summed E-state index contributed by atoms with van der Waals surface area (Å²) in [6.07, 6.45) is 0. The van der Waals surface area contributed by atoms with Crippen molar-refractivity contribution >= 4 is 10.0 Å². The predicted molar refractivity (Wildman–Crippen MR) is 82.6 cm³/mol. The van der Waals surface area contributed by atoms with Gasteiger partial charge in [-0.1, -0.05) is 13.8 Å². The van der Waals surface area contributed by atoms with E-state index in [0.717, 1.165) is 25.2 Å². The van der Waals surface area contributed by atoms with Gasteiger partial charge in [0.05, 0.1) is 18.1 Å². The van der Waals surface area contributed by atoms with E-state index in [1.165, 1.54) is 12.1 Å². The van der Waals surface area contributed by atoms with Crippen LogP contribution in [0.15, 0.2) is 29.2 Å². The second-order valence-corrected chi connectivity index (χ2v) is 7.53. The van der Waals surface area contributed by atoms with Gasteiger partial charge in [-0.3, -0.25) is 4.90 Å². The van der Waals surface area contributed by atoms with Crippen LogP contribution in [0.2, 0.25) is 0 Å². The number of ether oxygens (including phenoxy) is 1. The largest absolute Gasteiger partial charge is 0.379 e. The molecule has 0 amide bonds. The zero-order valence-corrected chi connectivity index (χ0v) is 13.8. The van der Waals surface area contributed by atoms with Gasteiger partial charge in [0, 0.05) is 25.7 Å². The SMILES string of the molecule is CC(C)C(CNS(=O)(=O)c1ccc(F)cc1)N1CCOCC1. The number of halogens is 1. The molecule has 124 valence electrons. The summed E-state index contributed by atoms with van der Waals surface area (Å²) in [6.45, 7) is 7.44. The summed E-state index contributed by atoms with van der Waals surface area (Å²) in [5.74, 6) is -0.138. The molecule has 1 heterocycles. The summed E-state index contributed by atoms with van der Waals surface area (Å²) in [6, 6.07) is 4.96. The summed E-state index contributed by atoms with van der Waals surface area (Å²) >= 11 is 0. The third-order valence-electron chi connectivity index (χ3n) is 3.89. The maximum absolute atomic E-state index is 12.9. The van der Waals surface area contributed by atoms with Crippen molar-refractivity contribution in [3.8, 4) is 0 Å². The van der Waals surface area contributed by atoms with Gasteiger partial charge in [-0.2, -0.15) is 0 Å². The van der Waals surface area contributed by atoms with Crippen molar-refractivity contribution in [3.05, 3.63) is 30.1 Å². The third-order valence-corrected chi connectivity index (χ3v) is 5.33. The molecular formula is C15H23FN2O3S. The Morgan fingerprint density at radius 1 is 1.23 bits per heavy atom. The van der Waals surface area contributed by atoms with Crippen LogP contribution in [0.4, 0.5) is 4.39 Å². The minimum atomic E-state index is -3.62. The van der Waals surface area contributed by atoms with Crippen molar-refractivity contribution in [1.29, 1.82) is 0 Å². The molecule has 1 fully saturated rings. The average molecular weight is 330 g/mol. The lowest BCUT2D eigenvalue weighted by Crippen LogP contribution is -2.51. The first-order valence-electron chi connectivity index (χ1n) is 7.47. The Morgan fingerprint density at radius 3 is 2.36 bits per heavy atom. The fourth-order valence-corrected chi connectivity index (χ4v) is 3.64. The monoisotopic (exact) mass is 330 g/mol. The van der Waals surface area contributed by atoms with Gasteiger partial charge in [-0.05, 0) is 30.2 Å². The van der Waals surface area contributed by atoms with Crippen molar-refractivity contribution in [1.82, 2.24) is 9.62 Å². The van der Waals surface area contributed by atoms with Gasteiger partial charge in [-0.25, -0.2) is 17.5 Å². The topological polar surface area (TPSA) is 58.6 Å². The number of hydrogen-bond acceptors (Lipinski definition) is 4. The fraction of sp³-hybridized carbons (Fsp3) is 0.600. The molecular weight excluding hydrogens is 307 g/mol. The molecule has 0 aliphatic carbocycles. The Labute approximate surface area is 131 Å². The van der Waals surface area contributed by atoms with Gasteiger partial charge < -0.3 is 4.74 Å². The second-order valence-electron chi connectivity index (χ2n) is 5.77. The first-order chi connectivity index (χ1) is 10.4. The smallest absolute Gasteiger partial charge is 0.240 e. The molecule has 1 aliphatic heterocycles. The maximum Gasteiger partial charge on any atom is 0.240 e. The molecule has 1 aromatic carbocycles. The molecule has 22 heavy (non-hydrogen) atoms. The summed E-state index contributed by atoms with van der Waals surface area (Å²) in [5.41, 5.74) is 0. The van der Waals surface area contributed by atoms with Crippen LogP contribution < -0.4 is 4.72 Å². The molecule has 1 aromatic rings. The molecule has 1 unspecified atom stereocenters. The number of benzene rings is 1. The lowest BCUT2D eigenvalue weighted by molar-refractivity contribution is 0.00776. The zero-order valence-electron chi connectivity index (χ0n) is 13.0. The van der Waals surface area contributed by atoms with Gasteiger partial charge in [0.15, 0.2) is 0 Å². The molecule has 0 radical (unpaired) electrons. The summed E-state index contributed by atoms with van der Waals surface area (Å²) in [4.78, 5) is 2.33. The molecule has 0 aromatic heterocycles. The molecule has 0 saturated carbocycles. The molecule has 0 bridgehead atoms. The summed E-state index contributed by atoms with van der Waals surface area (Å²) in [7, 11) is -3.62. The van der Waals surface area contributed by atoms with Crippen LogP contribution in [0.5, 0.6) is 0 Å². The highest BCUT2D eigenvalue weighted by atomic mass is 32.2. The molecule has 1 atom stereocenters. The highest BCUT2D eigenvalue weighted by Crippen LogP contribution is 2.14. The highest BCUT2D eigenvalue weighted by Gasteiger charge is 2.25. The maximum atomic E-state index is 12.9. The van der Waals surface area contributed by atoms with Crippen LogP contribution in [0, 0.1) is 11.7 Å². The van der Waals surface area contributed by atoms with E-state index in [1.54, 1.807) is 0 Å². The van der Waals surface area contributed by atoms with Crippen LogP contribution in [0.25, 0.3) is 0 Å². The Balaban J connectivity index is 2.03. The number of morpholine rings is 1. The fourth-order valence-electron chi connectivity index (χ4n) is 2.59. The molecule has 7 heteroatoms. The molecule has 0 spiro atoms. The number of nitrogens with zero attached hydrogens (tertiary/aromatic N) is 1. The van der Waals surface area contributed by atoms with E-state index in [-0.39, 0.29) is 10.9 Å². The number of hydrogen-bond donors (Lipinski definition) is 1. The first kappa shape index (κ1) is 17.3.